The number of carbonyl (C=O) groups excluding carboxylic acids is 1. The van der Waals surface area contributed by atoms with Crippen molar-refractivity contribution in [3.8, 4) is 0 Å². The summed E-state index contributed by atoms with van der Waals surface area (Å²) in [6.07, 6.45) is 1.59. The molecule has 2 rings (SSSR count). The monoisotopic (exact) mass is 278 g/mol. The first-order valence-electron chi connectivity index (χ1n) is 5.98. The second-order valence-electron chi connectivity index (χ2n) is 4.17. The Morgan fingerprint density at radius 3 is 2.79 bits per heavy atom. The lowest BCUT2D eigenvalue weighted by atomic mass is 10.1. The highest BCUT2D eigenvalue weighted by molar-refractivity contribution is 6.31. The van der Waals surface area contributed by atoms with E-state index in [0.717, 1.165) is 5.76 Å². The van der Waals surface area contributed by atoms with Crippen molar-refractivity contribution in [3.63, 3.8) is 0 Å². The van der Waals surface area contributed by atoms with Crippen LogP contribution in [0.4, 0.5) is 5.69 Å². The molecule has 1 aromatic heterocycles. The van der Waals surface area contributed by atoms with Crippen LogP contribution in [0.15, 0.2) is 41.0 Å². The molecule has 1 amide bonds. The molecule has 0 atom stereocenters. The number of furan rings is 1. The fourth-order valence-electron chi connectivity index (χ4n) is 1.84. The minimum absolute atomic E-state index is 0.117. The summed E-state index contributed by atoms with van der Waals surface area (Å²) in [6.45, 7) is 2.91. The highest BCUT2D eigenvalue weighted by Crippen LogP contribution is 2.19. The molecule has 0 aliphatic rings. The fourth-order valence-corrected chi connectivity index (χ4v) is 2.08. The summed E-state index contributed by atoms with van der Waals surface area (Å²) in [4.78, 5) is 14.0. The van der Waals surface area contributed by atoms with Gasteiger partial charge in [0.2, 0.25) is 0 Å². The van der Waals surface area contributed by atoms with Crippen LogP contribution < -0.4 is 5.73 Å². The van der Waals surface area contributed by atoms with Gasteiger partial charge in [-0.15, -0.1) is 0 Å². The van der Waals surface area contributed by atoms with Crippen molar-refractivity contribution in [1.82, 2.24) is 4.90 Å². The molecule has 2 N–H and O–H groups in total. The van der Waals surface area contributed by atoms with Crippen molar-refractivity contribution in [3.05, 3.63) is 52.9 Å². The van der Waals surface area contributed by atoms with Crippen molar-refractivity contribution < 1.29 is 9.21 Å². The van der Waals surface area contributed by atoms with E-state index in [4.69, 9.17) is 21.8 Å². The van der Waals surface area contributed by atoms with Crippen molar-refractivity contribution >= 4 is 23.2 Å². The van der Waals surface area contributed by atoms with Gasteiger partial charge in [0, 0.05) is 22.8 Å². The maximum absolute atomic E-state index is 12.4. The summed E-state index contributed by atoms with van der Waals surface area (Å²) in [5, 5.41) is 0.456. The van der Waals surface area contributed by atoms with Crippen LogP contribution in [0.1, 0.15) is 23.0 Å². The number of amides is 1. The molecule has 0 aliphatic carbocycles. The van der Waals surface area contributed by atoms with Crippen LogP contribution >= 0.6 is 11.6 Å². The van der Waals surface area contributed by atoms with Crippen LogP contribution in [0.5, 0.6) is 0 Å². The van der Waals surface area contributed by atoms with Gasteiger partial charge in [-0.2, -0.15) is 0 Å². The SMILES string of the molecule is CCN(Cc1ccco1)C(=O)c1cc(N)cc(Cl)c1. The molecule has 2 aromatic rings. The molecule has 0 fully saturated rings. The number of nitrogen functional groups attached to an aromatic ring is 1. The summed E-state index contributed by atoms with van der Waals surface area (Å²) >= 11 is 5.92. The van der Waals surface area contributed by atoms with E-state index in [9.17, 15) is 4.79 Å². The second kappa shape index (κ2) is 5.80. The third kappa shape index (κ3) is 3.29. The number of hydrogen-bond acceptors (Lipinski definition) is 3. The van der Waals surface area contributed by atoms with Gasteiger partial charge in [-0.3, -0.25) is 4.79 Å². The average Bonchev–Trinajstić information content (AvgIpc) is 2.86. The van der Waals surface area contributed by atoms with Gasteiger partial charge in [0.1, 0.15) is 5.76 Å². The lowest BCUT2D eigenvalue weighted by molar-refractivity contribution is 0.0741. The van der Waals surface area contributed by atoms with E-state index in [1.54, 1.807) is 35.4 Å². The number of nitrogens with zero attached hydrogens (tertiary/aromatic N) is 1. The minimum atomic E-state index is -0.117. The van der Waals surface area contributed by atoms with E-state index in [1.165, 1.54) is 0 Å². The Hall–Kier alpha value is -1.94. The lowest BCUT2D eigenvalue weighted by Gasteiger charge is -2.20. The van der Waals surface area contributed by atoms with E-state index >= 15 is 0 Å². The molecule has 0 saturated heterocycles. The molecule has 1 aromatic carbocycles. The Morgan fingerprint density at radius 2 is 2.21 bits per heavy atom. The number of anilines is 1. The fraction of sp³-hybridized carbons (Fsp3) is 0.214. The Bertz CT molecular complexity index is 547. The molecule has 4 nitrogen and oxygen atoms in total. The number of hydrogen-bond donors (Lipinski definition) is 1. The van der Waals surface area contributed by atoms with Crippen LogP contribution in [-0.4, -0.2) is 17.4 Å². The normalized spacial score (nSPS) is 10.4. The van der Waals surface area contributed by atoms with E-state index in [0.29, 0.717) is 29.4 Å². The van der Waals surface area contributed by atoms with Gasteiger partial charge in [0.25, 0.3) is 5.91 Å². The van der Waals surface area contributed by atoms with E-state index in [2.05, 4.69) is 0 Å². The lowest BCUT2D eigenvalue weighted by Crippen LogP contribution is -2.30. The first-order valence-corrected chi connectivity index (χ1v) is 6.35. The largest absolute Gasteiger partial charge is 0.467 e. The van der Waals surface area contributed by atoms with Gasteiger partial charge < -0.3 is 15.1 Å². The standard InChI is InChI=1S/C14H15ClN2O2/c1-2-17(9-13-4-3-5-19-13)14(18)10-6-11(15)8-12(16)7-10/h3-8H,2,9,16H2,1H3. The van der Waals surface area contributed by atoms with Gasteiger partial charge in [-0.1, -0.05) is 11.6 Å². The summed E-state index contributed by atoms with van der Waals surface area (Å²) in [5.41, 5.74) is 6.66. The van der Waals surface area contributed by atoms with Gasteiger partial charge in [-0.05, 0) is 37.3 Å². The molecule has 0 radical (unpaired) electrons. The molecule has 19 heavy (non-hydrogen) atoms. The number of nitrogens with two attached hydrogens (primary N) is 1. The first-order chi connectivity index (χ1) is 9.10. The highest BCUT2D eigenvalue weighted by atomic mass is 35.5. The molecule has 0 spiro atoms. The number of carbonyl (C=O) groups is 1. The van der Waals surface area contributed by atoms with Crippen molar-refractivity contribution in [2.45, 2.75) is 13.5 Å². The van der Waals surface area contributed by atoms with E-state index in [1.807, 2.05) is 13.0 Å². The zero-order valence-corrected chi connectivity index (χ0v) is 11.4. The molecular weight excluding hydrogens is 264 g/mol. The van der Waals surface area contributed by atoms with Crippen LogP contribution in [0.25, 0.3) is 0 Å². The number of benzene rings is 1. The molecule has 0 bridgehead atoms. The maximum Gasteiger partial charge on any atom is 0.254 e. The Kier molecular flexibility index (Phi) is 4.12. The van der Waals surface area contributed by atoms with Gasteiger partial charge in [-0.25, -0.2) is 0 Å². The summed E-state index contributed by atoms with van der Waals surface area (Å²) < 4.78 is 5.25. The van der Waals surface area contributed by atoms with Gasteiger partial charge in [0.15, 0.2) is 0 Å². The van der Waals surface area contributed by atoms with Crippen molar-refractivity contribution in [1.29, 1.82) is 0 Å². The van der Waals surface area contributed by atoms with Crippen LogP contribution in [0.2, 0.25) is 5.02 Å². The van der Waals surface area contributed by atoms with Gasteiger partial charge in [0.05, 0.1) is 12.8 Å². The zero-order valence-electron chi connectivity index (χ0n) is 10.6. The van der Waals surface area contributed by atoms with Crippen molar-refractivity contribution in [2.75, 3.05) is 12.3 Å². The predicted octanol–water partition coefficient (Wildman–Crippen LogP) is 3.18. The molecule has 5 heteroatoms. The first kappa shape index (κ1) is 13.5. The topological polar surface area (TPSA) is 59.5 Å². The number of halogens is 1. The Balaban J connectivity index is 2.20. The predicted molar refractivity (Wildman–Crippen MR) is 75.0 cm³/mol. The Morgan fingerprint density at radius 1 is 1.42 bits per heavy atom. The van der Waals surface area contributed by atoms with E-state index < -0.39 is 0 Å². The summed E-state index contributed by atoms with van der Waals surface area (Å²) in [6, 6.07) is 8.48. The third-order valence-electron chi connectivity index (χ3n) is 2.76. The molecule has 0 saturated carbocycles. The second-order valence-corrected chi connectivity index (χ2v) is 4.61. The summed E-state index contributed by atoms with van der Waals surface area (Å²) in [5.74, 6) is 0.623. The average molecular weight is 279 g/mol. The molecule has 0 aliphatic heterocycles. The van der Waals surface area contributed by atoms with Gasteiger partial charge >= 0.3 is 0 Å². The third-order valence-corrected chi connectivity index (χ3v) is 2.98. The smallest absolute Gasteiger partial charge is 0.254 e. The van der Waals surface area contributed by atoms with Crippen LogP contribution in [0.3, 0.4) is 0 Å². The molecule has 100 valence electrons. The van der Waals surface area contributed by atoms with E-state index in [-0.39, 0.29) is 5.91 Å². The molecular formula is C14H15ClN2O2. The molecule has 1 heterocycles. The number of rotatable bonds is 4. The maximum atomic E-state index is 12.4. The molecule has 0 unspecified atom stereocenters. The van der Waals surface area contributed by atoms with Crippen LogP contribution in [0, 0.1) is 0 Å². The quantitative estimate of drug-likeness (QED) is 0.874. The summed E-state index contributed by atoms with van der Waals surface area (Å²) in [7, 11) is 0. The van der Waals surface area contributed by atoms with Crippen LogP contribution in [-0.2, 0) is 6.54 Å². The highest BCUT2D eigenvalue weighted by Gasteiger charge is 2.16. The Labute approximate surface area is 116 Å². The zero-order chi connectivity index (χ0) is 13.8. The minimum Gasteiger partial charge on any atom is -0.467 e. The van der Waals surface area contributed by atoms with Crippen molar-refractivity contribution in [2.24, 2.45) is 0 Å².